The van der Waals surface area contributed by atoms with Crippen LogP contribution >= 0.6 is 0 Å². The Labute approximate surface area is 121 Å². The summed E-state index contributed by atoms with van der Waals surface area (Å²) in [7, 11) is 1.87. The van der Waals surface area contributed by atoms with Gasteiger partial charge in [-0.15, -0.1) is 0 Å². The summed E-state index contributed by atoms with van der Waals surface area (Å²) in [6.45, 7) is 0.346. The molecular formula is C15H14N4O2. The molecule has 3 rings (SSSR count). The Balaban J connectivity index is 1.72. The molecule has 21 heavy (non-hydrogen) atoms. The van der Waals surface area contributed by atoms with Gasteiger partial charge in [-0.25, -0.2) is 0 Å². The minimum absolute atomic E-state index is 0.254. The van der Waals surface area contributed by atoms with Crippen molar-refractivity contribution in [2.45, 2.75) is 6.54 Å². The van der Waals surface area contributed by atoms with E-state index in [2.05, 4.69) is 15.4 Å². The van der Waals surface area contributed by atoms with E-state index < -0.39 is 0 Å². The van der Waals surface area contributed by atoms with Crippen molar-refractivity contribution in [1.29, 1.82) is 0 Å². The molecule has 0 radical (unpaired) electrons. The first-order valence-electron chi connectivity index (χ1n) is 6.49. The molecule has 0 aliphatic carbocycles. The maximum Gasteiger partial charge on any atom is 0.287 e. The van der Waals surface area contributed by atoms with E-state index in [0.29, 0.717) is 12.3 Å². The summed E-state index contributed by atoms with van der Waals surface area (Å²) >= 11 is 0. The first-order valence-corrected chi connectivity index (χ1v) is 6.49. The van der Waals surface area contributed by atoms with Crippen LogP contribution in [0.5, 0.6) is 0 Å². The van der Waals surface area contributed by atoms with Crippen LogP contribution in [-0.2, 0) is 13.6 Å². The largest absolute Gasteiger partial charge is 0.459 e. The second-order valence-electron chi connectivity index (χ2n) is 4.54. The van der Waals surface area contributed by atoms with E-state index in [1.165, 1.54) is 6.26 Å². The zero-order chi connectivity index (χ0) is 14.7. The van der Waals surface area contributed by atoms with Crippen molar-refractivity contribution >= 4 is 5.91 Å². The fourth-order valence-corrected chi connectivity index (χ4v) is 2.07. The standard InChI is InChI=1S/C15H14N4O2/c1-19-13(11-4-6-16-7-5-11)9-12(18-19)10-17-15(20)14-3-2-8-21-14/h2-9H,10H2,1H3,(H,17,20). The first kappa shape index (κ1) is 13.1. The van der Waals surface area contributed by atoms with E-state index in [1.807, 2.05) is 25.2 Å². The fraction of sp³-hybridized carbons (Fsp3) is 0.133. The Bertz CT molecular complexity index is 732. The highest BCUT2D eigenvalue weighted by molar-refractivity contribution is 5.91. The average Bonchev–Trinajstić information content (AvgIpc) is 3.15. The number of amides is 1. The van der Waals surface area contributed by atoms with E-state index >= 15 is 0 Å². The summed E-state index contributed by atoms with van der Waals surface area (Å²) in [5.41, 5.74) is 2.78. The van der Waals surface area contributed by atoms with Crippen LogP contribution in [0.25, 0.3) is 11.3 Å². The van der Waals surface area contributed by atoms with Crippen molar-refractivity contribution in [3.05, 3.63) is 60.4 Å². The van der Waals surface area contributed by atoms with Crippen LogP contribution < -0.4 is 5.32 Å². The summed E-state index contributed by atoms with van der Waals surface area (Å²) in [5, 5.41) is 7.16. The second-order valence-corrected chi connectivity index (χ2v) is 4.54. The average molecular weight is 282 g/mol. The van der Waals surface area contributed by atoms with Gasteiger partial charge in [-0.2, -0.15) is 5.10 Å². The summed E-state index contributed by atoms with van der Waals surface area (Å²) < 4.78 is 6.82. The monoisotopic (exact) mass is 282 g/mol. The number of carbonyl (C=O) groups excluding carboxylic acids is 1. The molecule has 106 valence electrons. The third-order valence-corrected chi connectivity index (χ3v) is 3.08. The van der Waals surface area contributed by atoms with Crippen molar-refractivity contribution < 1.29 is 9.21 Å². The van der Waals surface area contributed by atoms with Gasteiger partial charge in [0.25, 0.3) is 5.91 Å². The van der Waals surface area contributed by atoms with Gasteiger partial charge in [-0.05, 0) is 30.3 Å². The molecular weight excluding hydrogens is 268 g/mol. The summed E-state index contributed by atoms with van der Waals surface area (Å²) in [5.74, 6) is 0.0383. The van der Waals surface area contributed by atoms with Crippen molar-refractivity contribution in [3.63, 3.8) is 0 Å². The number of hydrogen-bond donors (Lipinski definition) is 1. The lowest BCUT2D eigenvalue weighted by Crippen LogP contribution is -2.22. The first-order chi connectivity index (χ1) is 10.2. The molecule has 0 spiro atoms. The SMILES string of the molecule is Cn1nc(CNC(=O)c2ccco2)cc1-c1ccncc1. The zero-order valence-corrected chi connectivity index (χ0v) is 11.5. The maximum absolute atomic E-state index is 11.8. The van der Waals surface area contributed by atoms with E-state index in [1.54, 1.807) is 29.2 Å². The van der Waals surface area contributed by atoms with Gasteiger partial charge in [0, 0.05) is 25.0 Å². The number of rotatable bonds is 4. The van der Waals surface area contributed by atoms with E-state index in [0.717, 1.165) is 17.0 Å². The predicted molar refractivity (Wildman–Crippen MR) is 76.3 cm³/mol. The molecule has 0 unspecified atom stereocenters. The Hall–Kier alpha value is -2.89. The van der Waals surface area contributed by atoms with Gasteiger partial charge >= 0.3 is 0 Å². The van der Waals surface area contributed by atoms with Crippen LogP contribution in [0.4, 0.5) is 0 Å². The molecule has 6 heteroatoms. The number of furan rings is 1. The molecule has 0 aliphatic rings. The normalized spacial score (nSPS) is 10.5. The zero-order valence-electron chi connectivity index (χ0n) is 11.5. The molecule has 0 aromatic carbocycles. The maximum atomic E-state index is 11.8. The van der Waals surface area contributed by atoms with Crippen LogP contribution in [0.2, 0.25) is 0 Å². The summed E-state index contributed by atoms with van der Waals surface area (Å²) in [6, 6.07) is 9.08. The molecule has 0 saturated carbocycles. The van der Waals surface area contributed by atoms with E-state index in [4.69, 9.17) is 4.42 Å². The van der Waals surface area contributed by atoms with Crippen LogP contribution in [-0.4, -0.2) is 20.7 Å². The smallest absolute Gasteiger partial charge is 0.287 e. The Morgan fingerprint density at radius 2 is 2.14 bits per heavy atom. The van der Waals surface area contributed by atoms with Crippen LogP contribution in [0.3, 0.4) is 0 Å². The molecule has 3 aromatic heterocycles. The number of aryl methyl sites for hydroxylation is 1. The number of pyridine rings is 1. The third kappa shape index (κ3) is 2.84. The van der Waals surface area contributed by atoms with Gasteiger partial charge in [0.1, 0.15) is 0 Å². The third-order valence-electron chi connectivity index (χ3n) is 3.08. The van der Waals surface area contributed by atoms with Crippen LogP contribution in [0.15, 0.2) is 53.4 Å². The quantitative estimate of drug-likeness (QED) is 0.794. The Morgan fingerprint density at radius 1 is 1.33 bits per heavy atom. The minimum atomic E-state index is -0.254. The molecule has 3 aromatic rings. The Morgan fingerprint density at radius 3 is 2.86 bits per heavy atom. The Kier molecular flexibility index (Phi) is 3.51. The molecule has 0 bridgehead atoms. The molecule has 1 amide bonds. The molecule has 0 aliphatic heterocycles. The van der Waals surface area contributed by atoms with Gasteiger partial charge in [0.15, 0.2) is 5.76 Å². The van der Waals surface area contributed by atoms with Gasteiger partial charge in [0.2, 0.25) is 0 Å². The highest BCUT2D eigenvalue weighted by Gasteiger charge is 2.11. The highest BCUT2D eigenvalue weighted by atomic mass is 16.3. The molecule has 0 atom stereocenters. The lowest BCUT2D eigenvalue weighted by Gasteiger charge is -1.99. The summed E-state index contributed by atoms with van der Waals surface area (Å²) in [6.07, 6.45) is 4.94. The number of hydrogen-bond acceptors (Lipinski definition) is 4. The highest BCUT2D eigenvalue weighted by Crippen LogP contribution is 2.18. The van der Waals surface area contributed by atoms with Gasteiger partial charge < -0.3 is 9.73 Å². The van der Waals surface area contributed by atoms with E-state index in [9.17, 15) is 4.79 Å². The number of aromatic nitrogens is 3. The molecule has 0 saturated heterocycles. The van der Waals surface area contributed by atoms with Gasteiger partial charge in [0.05, 0.1) is 24.2 Å². The topological polar surface area (TPSA) is 73.0 Å². The molecule has 6 nitrogen and oxygen atoms in total. The molecule has 0 fully saturated rings. The molecule has 1 N–H and O–H groups in total. The van der Waals surface area contributed by atoms with E-state index in [-0.39, 0.29) is 5.91 Å². The van der Waals surface area contributed by atoms with Crippen LogP contribution in [0.1, 0.15) is 16.2 Å². The number of nitrogens with zero attached hydrogens (tertiary/aromatic N) is 3. The molecule has 3 heterocycles. The lowest BCUT2D eigenvalue weighted by atomic mass is 10.2. The lowest BCUT2D eigenvalue weighted by molar-refractivity contribution is 0.0922. The number of carbonyl (C=O) groups is 1. The van der Waals surface area contributed by atoms with Crippen molar-refractivity contribution in [1.82, 2.24) is 20.1 Å². The number of nitrogens with one attached hydrogen (secondary N) is 1. The second kappa shape index (κ2) is 5.62. The summed E-state index contributed by atoms with van der Waals surface area (Å²) in [4.78, 5) is 15.8. The van der Waals surface area contributed by atoms with Crippen molar-refractivity contribution in [2.75, 3.05) is 0 Å². The van der Waals surface area contributed by atoms with Crippen LogP contribution in [0, 0.1) is 0 Å². The predicted octanol–water partition coefficient (Wildman–Crippen LogP) is 2.01. The van der Waals surface area contributed by atoms with Crippen molar-refractivity contribution in [2.24, 2.45) is 7.05 Å². The van der Waals surface area contributed by atoms with Crippen molar-refractivity contribution in [3.8, 4) is 11.3 Å². The van der Waals surface area contributed by atoms with Gasteiger partial charge in [-0.1, -0.05) is 0 Å². The minimum Gasteiger partial charge on any atom is -0.459 e. The fourth-order valence-electron chi connectivity index (χ4n) is 2.07. The van der Waals surface area contributed by atoms with Gasteiger partial charge in [-0.3, -0.25) is 14.5 Å².